The van der Waals surface area contributed by atoms with Crippen LogP contribution in [0, 0.1) is 5.41 Å². The van der Waals surface area contributed by atoms with Crippen LogP contribution >= 0.6 is 11.8 Å². The Morgan fingerprint density at radius 3 is 2.65 bits per heavy atom. The van der Waals surface area contributed by atoms with Crippen molar-refractivity contribution in [3.8, 4) is 0 Å². The summed E-state index contributed by atoms with van der Waals surface area (Å²) in [7, 11) is 0. The van der Waals surface area contributed by atoms with Gasteiger partial charge >= 0.3 is 0 Å². The minimum atomic E-state index is 0.123. The highest BCUT2D eigenvalue weighted by Crippen LogP contribution is 2.31. The summed E-state index contributed by atoms with van der Waals surface area (Å²) < 4.78 is 0. The van der Waals surface area contributed by atoms with Crippen LogP contribution in [0.15, 0.2) is 24.3 Å². The fourth-order valence-electron chi connectivity index (χ4n) is 2.00. The van der Waals surface area contributed by atoms with E-state index >= 15 is 0 Å². The molecule has 0 saturated carbocycles. The van der Waals surface area contributed by atoms with Gasteiger partial charge in [0.25, 0.3) is 0 Å². The number of fused-ring (bicyclic) bond motifs is 1. The van der Waals surface area contributed by atoms with Crippen molar-refractivity contribution >= 4 is 23.4 Å². The van der Waals surface area contributed by atoms with Gasteiger partial charge in [0.1, 0.15) is 0 Å². The van der Waals surface area contributed by atoms with Gasteiger partial charge in [0, 0.05) is 18.0 Å². The smallest absolute Gasteiger partial charge is 0.237 e. The van der Waals surface area contributed by atoms with Crippen molar-refractivity contribution in [2.75, 3.05) is 17.2 Å². The van der Waals surface area contributed by atoms with E-state index in [0.717, 1.165) is 18.0 Å². The van der Waals surface area contributed by atoms with Gasteiger partial charge in [-0.3, -0.25) is 4.79 Å². The number of hydrogen-bond donors (Lipinski definition) is 0. The Hall–Kier alpha value is -0.960. The molecule has 1 heterocycles. The Kier molecular flexibility index (Phi) is 3.48. The Bertz CT molecular complexity index is 422. The molecule has 0 bridgehead atoms. The molecule has 0 aromatic heterocycles. The van der Waals surface area contributed by atoms with E-state index in [-0.39, 0.29) is 11.3 Å². The third-order valence-corrected chi connectivity index (χ3v) is 3.67. The van der Waals surface area contributed by atoms with E-state index in [2.05, 4.69) is 32.9 Å². The summed E-state index contributed by atoms with van der Waals surface area (Å²) in [4.78, 5) is 14.1. The standard InChI is InChI=1S/C14H19NOS/c1-14(2,3)10-15-12-7-5-4-6-11(12)8-17-9-13(15)16/h4-7H,8-10H2,1-3H3. The first-order chi connectivity index (χ1) is 7.97. The van der Waals surface area contributed by atoms with Crippen LogP contribution in [0.5, 0.6) is 0 Å². The molecular weight excluding hydrogens is 230 g/mol. The van der Waals surface area contributed by atoms with Crippen LogP contribution in [-0.2, 0) is 10.5 Å². The topological polar surface area (TPSA) is 20.3 Å². The van der Waals surface area contributed by atoms with Gasteiger partial charge in [-0.2, -0.15) is 0 Å². The molecule has 1 aliphatic heterocycles. The summed E-state index contributed by atoms with van der Waals surface area (Å²) in [5.41, 5.74) is 2.49. The van der Waals surface area contributed by atoms with Crippen molar-refractivity contribution in [2.24, 2.45) is 5.41 Å². The molecule has 92 valence electrons. The number of nitrogens with zero attached hydrogens (tertiary/aromatic N) is 1. The van der Waals surface area contributed by atoms with Crippen molar-refractivity contribution in [1.82, 2.24) is 0 Å². The van der Waals surface area contributed by atoms with Gasteiger partial charge < -0.3 is 4.90 Å². The molecule has 1 aromatic carbocycles. The minimum absolute atomic E-state index is 0.123. The quantitative estimate of drug-likeness (QED) is 0.761. The maximum absolute atomic E-state index is 12.2. The van der Waals surface area contributed by atoms with Crippen LogP contribution in [0.1, 0.15) is 26.3 Å². The molecule has 0 radical (unpaired) electrons. The predicted molar refractivity (Wildman–Crippen MR) is 74.4 cm³/mol. The summed E-state index contributed by atoms with van der Waals surface area (Å²) in [6.07, 6.45) is 0. The molecule has 17 heavy (non-hydrogen) atoms. The highest BCUT2D eigenvalue weighted by atomic mass is 32.2. The molecule has 1 amide bonds. The Balaban J connectivity index is 2.37. The largest absolute Gasteiger partial charge is 0.311 e. The number of benzene rings is 1. The first kappa shape index (κ1) is 12.5. The van der Waals surface area contributed by atoms with Crippen LogP contribution < -0.4 is 4.90 Å². The summed E-state index contributed by atoms with van der Waals surface area (Å²) >= 11 is 1.71. The van der Waals surface area contributed by atoms with Gasteiger partial charge in [-0.25, -0.2) is 0 Å². The number of carbonyl (C=O) groups is 1. The van der Waals surface area contributed by atoms with E-state index in [0.29, 0.717) is 5.75 Å². The summed E-state index contributed by atoms with van der Waals surface area (Å²) in [5, 5.41) is 0. The molecule has 0 spiro atoms. The zero-order valence-electron chi connectivity index (χ0n) is 10.7. The van der Waals surface area contributed by atoms with Crippen LogP contribution in [-0.4, -0.2) is 18.2 Å². The molecular formula is C14H19NOS. The second kappa shape index (κ2) is 4.73. The summed E-state index contributed by atoms with van der Waals surface area (Å²) in [6.45, 7) is 7.28. The molecule has 0 unspecified atom stereocenters. The van der Waals surface area contributed by atoms with E-state index in [9.17, 15) is 4.79 Å². The average Bonchev–Trinajstić information content (AvgIpc) is 2.38. The van der Waals surface area contributed by atoms with Crippen LogP contribution in [0.3, 0.4) is 0 Å². The van der Waals surface area contributed by atoms with Gasteiger partial charge in [0.2, 0.25) is 5.91 Å². The Morgan fingerprint density at radius 2 is 1.94 bits per heavy atom. The molecule has 0 N–H and O–H groups in total. The maximum Gasteiger partial charge on any atom is 0.237 e. The van der Waals surface area contributed by atoms with Crippen molar-refractivity contribution in [1.29, 1.82) is 0 Å². The van der Waals surface area contributed by atoms with Gasteiger partial charge in [0.05, 0.1) is 5.75 Å². The summed E-state index contributed by atoms with van der Waals surface area (Å²) in [6, 6.07) is 8.24. The van der Waals surface area contributed by atoms with Crippen LogP contribution in [0.2, 0.25) is 0 Å². The number of para-hydroxylation sites is 1. The summed E-state index contributed by atoms with van der Waals surface area (Å²) in [5.74, 6) is 1.75. The average molecular weight is 249 g/mol. The molecule has 2 rings (SSSR count). The van der Waals surface area contributed by atoms with Gasteiger partial charge in [-0.05, 0) is 17.0 Å². The fraction of sp³-hybridized carbons (Fsp3) is 0.500. The second-order valence-corrected chi connectivity index (χ2v) is 6.65. The van der Waals surface area contributed by atoms with E-state index in [1.165, 1.54) is 5.56 Å². The Labute approximate surface area is 107 Å². The van der Waals surface area contributed by atoms with Crippen molar-refractivity contribution in [3.63, 3.8) is 0 Å². The highest BCUT2D eigenvalue weighted by molar-refractivity contribution is 7.99. The lowest BCUT2D eigenvalue weighted by Crippen LogP contribution is -2.38. The van der Waals surface area contributed by atoms with E-state index < -0.39 is 0 Å². The van der Waals surface area contributed by atoms with Gasteiger partial charge in [0.15, 0.2) is 0 Å². The lowest BCUT2D eigenvalue weighted by Gasteiger charge is -2.30. The predicted octanol–water partition coefficient (Wildman–Crippen LogP) is 3.31. The zero-order chi connectivity index (χ0) is 12.5. The Morgan fingerprint density at radius 1 is 1.24 bits per heavy atom. The number of hydrogen-bond acceptors (Lipinski definition) is 2. The lowest BCUT2D eigenvalue weighted by molar-refractivity contribution is -0.116. The van der Waals surface area contributed by atoms with E-state index in [1.54, 1.807) is 11.8 Å². The fourth-order valence-corrected chi connectivity index (χ4v) is 2.90. The van der Waals surface area contributed by atoms with E-state index in [4.69, 9.17) is 0 Å². The number of carbonyl (C=O) groups excluding carboxylic acids is 1. The van der Waals surface area contributed by atoms with Crippen LogP contribution in [0.25, 0.3) is 0 Å². The molecule has 1 aromatic rings. The zero-order valence-corrected chi connectivity index (χ0v) is 11.5. The maximum atomic E-state index is 12.2. The highest BCUT2D eigenvalue weighted by Gasteiger charge is 2.26. The third-order valence-electron chi connectivity index (χ3n) is 2.70. The molecule has 0 saturated heterocycles. The number of thioether (sulfide) groups is 1. The molecule has 0 aliphatic carbocycles. The van der Waals surface area contributed by atoms with Crippen molar-refractivity contribution in [2.45, 2.75) is 26.5 Å². The van der Waals surface area contributed by atoms with Gasteiger partial charge in [-0.1, -0.05) is 39.0 Å². The molecule has 0 fully saturated rings. The number of rotatable bonds is 1. The normalized spacial score (nSPS) is 16.6. The molecule has 2 nitrogen and oxygen atoms in total. The van der Waals surface area contributed by atoms with Crippen molar-refractivity contribution < 1.29 is 4.79 Å². The van der Waals surface area contributed by atoms with Crippen molar-refractivity contribution in [3.05, 3.63) is 29.8 Å². The SMILES string of the molecule is CC(C)(C)CN1C(=O)CSCc2ccccc21. The first-order valence-electron chi connectivity index (χ1n) is 5.93. The number of anilines is 1. The second-order valence-electron chi connectivity index (χ2n) is 5.66. The van der Waals surface area contributed by atoms with Gasteiger partial charge in [-0.15, -0.1) is 11.8 Å². The third kappa shape index (κ3) is 3.03. The lowest BCUT2D eigenvalue weighted by atomic mass is 9.95. The molecule has 3 heteroatoms. The monoisotopic (exact) mass is 249 g/mol. The molecule has 0 atom stereocenters. The first-order valence-corrected chi connectivity index (χ1v) is 7.09. The number of amides is 1. The minimum Gasteiger partial charge on any atom is -0.311 e. The molecule has 1 aliphatic rings. The van der Waals surface area contributed by atoms with Crippen LogP contribution in [0.4, 0.5) is 5.69 Å². The van der Waals surface area contributed by atoms with E-state index in [1.807, 2.05) is 17.0 Å².